The Morgan fingerprint density at radius 1 is 1.33 bits per heavy atom. The Morgan fingerprint density at radius 2 is 2.04 bits per heavy atom. The van der Waals surface area contributed by atoms with Gasteiger partial charge >= 0.3 is 16.4 Å². The average Bonchev–Trinajstić information content (AvgIpc) is 3.56. The van der Waals surface area contributed by atoms with Crippen LogP contribution in [-0.2, 0) is 45.1 Å². The zero-order chi connectivity index (χ0) is 40.0. The van der Waals surface area contributed by atoms with E-state index in [0.717, 1.165) is 47.5 Å². The molecule has 21 heteroatoms. The van der Waals surface area contributed by atoms with Gasteiger partial charge in [0.05, 0.1) is 17.6 Å². The number of nitrogens with two attached hydrogens (primary N) is 2. The summed E-state index contributed by atoms with van der Waals surface area (Å²) in [5.41, 5.74) is 10.6. The molecule has 5 atom stereocenters. The molecule has 1 unspecified atom stereocenters. The van der Waals surface area contributed by atoms with Crippen LogP contribution in [0.4, 0.5) is 5.13 Å². The summed E-state index contributed by atoms with van der Waals surface area (Å²) in [6, 6.07) is 5.80. The number of aliphatic hydroxyl groups is 1. The topological polar surface area (TPSA) is 304 Å². The van der Waals surface area contributed by atoms with E-state index >= 15 is 0 Å². The van der Waals surface area contributed by atoms with Crippen LogP contribution in [0.1, 0.15) is 75.6 Å². The van der Waals surface area contributed by atoms with Crippen molar-refractivity contribution in [2.45, 2.75) is 88.6 Å². The van der Waals surface area contributed by atoms with E-state index in [1.54, 1.807) is 6.07 Å². The number of hydrogen-bond donors (Lipinski definition) is 7. The second-order valence-corrected chi connectivity index (χ2v) is 15.5. The Balaban J connectivity index is 0.00000209. The molecule has 2 aromatic rings. The van der Waals surface area contributed by atoms with Gasteiger partial charge in [-0.3, -0.25) is 18.9 Å². The predicted molar refractivity (Wildman–Crippen MR) is 192 cm³/mol. The van der Waals surface area contributed by atoms with Gasteiger partial charge in [-0.2, -0.15) is 13.5 Å². The number of aliphatic hydroxyl groups excluding tert-OH is 1. The number of carbonyl (C=O) groups is 4. The van der Waals surface area contributed by atoms with Crippen molar-refractivity contribution in [3.63, 3.8) is 0 Å². The summed E-state index contributed by atoms with van der Waals surface area (Å²) >= 11 is 0.998. The van der Waals surface area contributed by atoms with Crippen LogP contribution in [0.2, 0.25) is 0 Å². The summed E-state index contributed by atoms with van der Waals surface area (Å²) in [6.07, 6.45) is 2.97. The fourth-order valence-electron chi connectivity index (χ4n) is 6.29. The third-order valence-corrected chi connectivity index (χ3v) is 10.6. The van der Waals surface area contributed by atoms with E-state index in [9.17, 15) is 33.0 Å². The molecular weight excluding hydrogens is 753 g/mol. The van der Waals surface area contributed by atoms with Crippen LogP contribution in [0.3, 0.4) is 0 Å². The molecule has 296 valence electrons. The number of allylic oxidation sites excluding steroid dienone is 2. The summed E-state index contributed by atoms with van der Waals surface area (Å²) in [7, 11) is -5.00. The number of nitrogen functional groups attached to an aromatic ring is 1. The lowest BCUT2D eigenvalue weighted by Gasteiger charge is -2.50. The third kappa shape index (κ3) is 9.70. The highest BCUT2D eigenvalue weighted by molar-refractivity contribution is 7.80. The zero-order valence-electron chi connectivity index (χ0n) is 29.7. The van der Waals surface area contributed by atoms with E-state index < -0.39 is 69.5 Å². The molecule has 1 aromatic heterocycles. The molecule has 0 bridgehead atoms. The van der Waals surface area contributed by atoms with Crippen molar-refractivity contribution in [1.82, 2.24) is 15.4 Å². The molecule has 3 aliphatic rings. The zero-order valence-corrected chi connectivity index (χ0v) is 31.3. The van der Waals surface area contributed by atoms with Crippen LogP contribution in [0.5, 0.6) is 5.75 Å². The molecule has 0 saturated carbocycles. The molecule has 4 heterocycles. The molecule has 1 saturated heterocycles. The van der Waals surface area contributed by atoms with Crippen LogP contribution >= 0.6 is 11.3 Å². The molecule has 1 amide bonds. The van der Waals surface area contributed by atoms with Gasteiger partial charge < -0.3 is 41.7 Å². The number of thiazole rings is 1. The van der Waals surface area contributed by atoms with Crippen molar-refractivity contribution in [2.75, 3.05) is 18.8 Å². The molecule has 3 aliphatic heterocycles. The van der Waals surface area contributed by atoms with E-state index in [0.29, 0.717) is 23.7 Å². The molecule has 0 spiro atoms. The van der Waals surface area contributed by atoms with E-state index in [4.69, 9.17) is 35.5 Å². The molecule has 9 N–H and O–H groups in total. The number of hydrogen-bond acceptors (Lipinski definition) is 16. The fourth-order valence-corrected chi connectivity index (χ4v) is 7.29. The molecule has 5 rings (SSSR count). The number of ketones is 1. The lowest BCUT2D eigenvalue weighted by Crippen LogP contribution is -2.68. The van der Waals surface area contributed by atoms with Gasteiger partial charge in [0.15, 0.2) is 22.7 Å². The number of fused-ring (bicyclic) bond motifs is 1. The molecule has 54 heavy (non-hydrogen) atoms. The summed E-state index contributed by atoms with van der Waals surface area (Å²) in [5.74, 6) is -3.41. The number of Topliss-reactive ketones (excluding diaryl/α,β-unsaturated/α-hetero) is 1. The Morgan fingerprint density at radius 3 is 2.59 bits per heavy atom. The highest BCUT2D eigenvalue weighted by Gasteiger charge is 2.58. The number of aromatic nitrogens is 1. The van der Waals surface area contributed by atoms with Crippen molar-refractivity contribution in [2.24, 2.45) is 16.8 Å². The smallest absolute Gasteiger partial charge is 0.418 e. The fraction of sp³-hybridized carbons (Fsp3) is 0.515. The van der Waals surface area contributed by atoms with E-state index in [1.807, 2.05) is 6.07 Å². The Bertz CT molecular complexity index is 1900. The number of hydroxylamine groups is 2. The van der Waals surface area contributed by atoms with Gasteiger partial charge in [0.25, 0.3) is 18.0 Å². The van der Waals surface area contributed by atoms with Crippen LogP contribution in [0.25, 0.3) is 0 Å². The number of nitrogens with zero attached hydrogens (tertiary/aromatic N) is 3. The quantitative estimate of drug-likeness (QED) is 0.0440. The number of aryl methyl sites for hydroxylation is 1. The maximum absolute atomic E-state index is 13.6. The lowest BCUT2D eigenvalue weighted by molar-refractivity contribution is -0.228. The van der Waals surface area contributed by atoms with Gasteiger partial charge in [-0.1, -0.05) is 23.4 Å². The number of oxime groups is 1. The Kier molecular flexibility index (Phi) is 13.4. The minimum Gasteiger partial charge on any atom is -0.485 e. The van der Waals surface area contributed by atoms with Crippen LogP contribution in [0.15, 0.2) is 40.5 Å². The summed E-state index contributed by atoms with van der Waals surface area (Å²) in [6.45, 7) is 4.86. The first-order valence-electron chi connectivity index (χ1n) is 16.8. The summed E-state index contributed by atoms with van der Waals surface area (Å²) in [4.78, 5) is 57.1. The van der Waals surface area contributed by atoms with Crippen molar-refractivity contribution in [1.29, 1.82) is 0 Å². The minimum absolute atomic E-state index is 0.0133. The molecule has 0 radical (unpaired) electrons. The molecule has 19 nitrogen and oxygen atoms in total. The average molecular weight is 797 g/mol. The van der Waals surface area contributed by atoms with Gasteiger partial charge in [-0.05, 0) is 70.1 Å². The van der Waals surface area contributed by atoms with Gasteiger partial charge in [-0.15, -0.1) is 15.6 Å². The highest BCUT2D eigenvalue weighted by atomic mass is 32.3. The van der Waals surface area contributed by atoms with Crippen molar-refractivity contribution < 1.29 is 61.3 Å². The minimum atomic E-state index is -5.00. The number of amides is 1. The normalized spacial score (nSPS) is 22.4. The standard InChI is InChI=1S/C32H42N6O11S2.CH2O2/c1-31(2)22(28(41)38(31)49-51(44,45)46)13-24(40)27(23-16-50-30(34)36-23)37-48-32(3,29(42)43)26-11-6-18-12-17(5-10-25(18)47-26)19-4-7-20(35-15-19)8-9-21(39)14-33;2-1-3/h5,7,10,12,16,19,21-22,26,35,39H,4,6,8-9,11,13-15,33H2,1-3H3,(H2,34,36)(H,42,43)(H,44,45,46);1H,(H,2,3)/b37-27-;/t19?,21-,22-,26-,32+;/m1./s1. The van der Waals surface area contributed by atoms with E-state index in [-0.39, 0.29) is 36.2 Å². The Hall–Kier alpha value is -4.67. The van der Waals surface area contributed by atoms with Gasteiger partial charge in [-0.25, -0.2) is 9.78 Å². The second kappa shape index (κ2) is 17.2. The molecule has 1 fully saturated rings. The van der Waals surface area contributed by atoms with Gasteiger partial charge in [0.2, 0.25) is 0 Å². The van der Waals surface area contributed by atoms with Gasteiger partial charge in [0.1, 0.15) is 11.4 Å². The first kappa shape index (κ1) is 42.1. The van der Waals surface area contributed by atoms with E-state index in [2.05, 4.69) is 31.9 Å². The van der Waals surface area contributed by atoms with Crippen molar-refractivity contribution >= 4 is 56.7 Å². The highest BCUT2D eigenvalue weighted by Crippen LogP contribution is 2.41. The second-order valence-electron chi connectivity index (χ2n) is 13.6. The van der Waals surface area contributed by atoms with Crippen LogP contribution < -0.4 is 21.5 Å². The van der Waals surface area contributed by atoms with Crippen molar-refractivity contribution in [3.8, 4) is 5.75 Å². The maximum Gasteiger partial charge on any atom is 0.418 e. The maximum atomic E-state index is 13.6. The lowest BCUT2D eigenvalue weighted by atomic mass is 9.74. The predicted octanol–water partition coefficient (Wildman–Crippen LogP) is 1.38. The Labute approximate surface area is 314 Å². The van der Waals surface area contributed by atoms with Crippen molar-refractivity contribution in [3.05, 3.63) is 52.2 Å². The van der Waals surface area contributed by atoms with Crippen LogP contribution in [0, 0.1) is 5.92 Å². The number of carbonyl (C=O) groups excluding carboxylic acids is 2. The van der Waals surface area contributed by atoms with E-state index in [1.165, 1.54) is 26.2 Å². The number of anilines is 1. The number of nitrogens with one attached hydrogen (secondary N) is 1. The summed E-state index contributed by atoms with van der Waals surface area (Å²) < 4.78 is 42.0. The largest absolute Gasteiger partial charge is 0.485 e. The van der Waals surface area contributed by atoms with Crippen LogP contribution in [-0.4, -0.2) is 105 Å². The van der Waals surface area contributed by atoms with Gasteiger partial charge in [0, 0.05) is 36.5 Å². The first-order chi connectivity index (χ1) is 25.3. The molecular formula is C33H44N6O13S2. The third-order valence-electron chi connectivity index (χ3n) is 9.57. The number of carboxylic acid groups (broad SMARTS) is 2. The monoisotopic (exact) mass is 796 g/mol. The number of carboxylic acids is 1. The summed E-state index contributed by atoms with van der Waals surface area (Å²) in [5, 5.41) is 36.4. The number of β-lactam (4-membered cyclic amide) rings is 1. The number of aliphatic carboxylic acids is 1. The number of ether oxygens (including phenoxy) is 1. The first-order valence-corrected chi connectivity index (χ1v) is 19.0. The number of rotatable bonds is 15. The molecule has 0 aliphatic carbocycles. The molecule has 1 aromatic carbocycles. The SMILES string of the molecule is CC1(C)[C@H](CC(=O)/C(=N\O[C@](C)(C(=O)O)[C@H]2CCc3cc(C4CC=C(CC[C@@H](O)CN)NC4)ccc3O2)c2csc(N)n2)C(=O)N1OS(=O)(=O)O.O=CO. The number of benzene rings is 1.